The Labute approximate surface area is 162 Å². The van der Waals surface area contributed by atoms with Gasteiger partial charge in [-0.3, -0.25) is 14.4 Å². The van der Waals surface area contributed by atoms with E-state index in [1.807, 2.05) is 6.07 Å². The molecule has 3 amide bonds. The van der Waals surface area contributed by atoms with Crippen LogP contribution in [0.3, 0.4) is 0 Å². The van der Waals surface area contributed by atoms with Crippen LogP contribution in [0, 0.1) is 0 Å². The fourth-order valence-corrected chi connectivity index (χ4v) is 3.18. The number of aliphatic hydroxyl groups excluding tert-OH is 1. The fourth-order valence-electron chi connectivity index (χ4n) is 3.18. The van der Waals surface area contributed by atoms with Gasteiger partial charge in [-0.25, -0.2) is 0 Å². The minimum atomic E-state index is -1.50. The first kappa shape index (κ1) is 19.6. The summed E-state index contributed by atoms with van der Waals surface area (Å²) in [6, 6.07) is 11.7. The number of hydrogen-bond acceptors (Lipinski definition) is 5. The van der Waals surface area contributed by atoms with E-state index in [9.17, 15) is 19.5 Å². The number of carbonyl (C=O) groups is 3. The summed E-state index contributed by atoms with van der Waals surface area (Å²) in [6.07, 6.45) is 0.802. The highest BCUT2D eigenvalue weighted by atomic mass is 16.3. The largest absolute Gasteiger partial charge is 0.467 e. The Morgan fingerprint density at radius 1 is 1.18 bits per heavy atom. The van der Waals surface area contributed by atoms with Crippen LogP contribution in [0.2, 0.25) is 0 Å². The molecule has 8 nitrogen and oxygen atoms in total. The Kier molecular flexibility index (Phi) is 6.44. The third kappa shape index (κ3) is 4.98. The number of likely N-dealkylation sites (tertiary alicyclic amines) is 1. The number of furan rings is 1. The number of nitrogens with zero attached hydrogens (tertiary/aromatic N) is 1. The van der Waals surface area contributed by atoms with E-state index in [1.54, 1.807) is 36.4 Å². The number of aliphatic hydroxyl groups is 1. The second-order valence-corrected chi connectivity index (χ2v) is 6.62. The molecule has 28 heavy (non-hydrogen) atoms. The average molecular weight is 385 g/mol. The van der Waals surface area contributed by atoms with Gasteiger partial charge in [0.1, 0.15) is 17.9 Å². The summed E-state index contributed by atoms with van der Waals surface area (Å²) in [5, 5.41) is 15.6. The zero-order valence-electron chi connectivity index (χ0n) is 15.3. The van der Waals surface area contributed by atoms with Crippen molar-refractivity contribution in [2.24, 2.45) is 0 Å². The smallest absolute Gasteiger partial charge is 0.252 e. The molecule has 3 N–H and O–H groups in total. The van der Waals surface area contributed by atoms with Crippen LogP contribution in [0.5, 0.6) is 0 Å². The summed E-state index contributed by atoms with van der Waals surface area (Å²) in [5.74, 6) is -0.807. The summed E-state index contributed by atoms with van der Waals surface area (Å²) in [4.78, 5) is 38.4. The maximum absolute atomic E-state index is 12.6. The molecule has 1 aliphatic heterocycles. The molecule has 8 heteroatoms. The normalized spacial score (nSPS) is 17.2. The van der Waals surface area contributed by atoms with Crippen molar-refractivity contribution in [1.82, 2.24) is 10.2 Å². The molecule has 0 radical (unpaired) electrons. The van der Waals surface area contributed by atoms with Crippen molar-refractivity contribution in [3.63, 3.8) is 0 Å². The summed E-state index contributed by atoms with van der Waals surface area (Å²) < 4.78 is 5.11. The quantitative estimate of drug-likeness (QED) is 0.665. The summed E-state index contributed by atoms with van der Waals surface area (Å²) in [7, 11) is 0. The molecular formula is C20H23N3O5. The minimum Gasteiger partial charge on any atom is -0.467 e. The number of rotatable bonds is 7. The summed E-state index contributed by atoms with van der Waals surface area (Å²) in [5.41, 5.74) is 0.643. The first-order valence-corrected chi connectivity index (χ1v) is 9.18. The van der Waals surface area contributed by atoms with Gasteiger partial charge in [-0.2, -0.15) is 0 Å². The molecular weight excluding hydrogens is 362 g/mol. The van der Waals surface area contributed by atoms with Crippen molar-refractivity contribution in [3.05, 3.63) is 54.5 Å². The molecule has 0 aliphatic carbocycles. The third-order valence-electron chi connectivity index (χ3n) is 4.58. The van der Waals surface area contributed by atoms with E-state index >= 15 is 0 Å². The minimum absolute atomic E-state index is 0.179. The van der Waals surface area contributed by atoms with E-state index in [0.29, 0.717) is 30.8 Å². The van der Waals surface area contributed by atoms with Gasteiger partial charge in [0.05, 0.1) is 19.2 Å². The predicted octanol–water partition coefficient (Wildman–Crippen LogP) is 1.28. The average Bonchev–Trinajstić information content (AvgIpc) is 3.38. The molecule has 1 aromatic heterocycles. The number of amides is 3. The standard InChI is InChI=1S/C20H23N3O5/c24-17(12-18(25)21-13-15-8-5-11-28-15)20(27)23-10-4-9-16(23)19(26)22-14-6-2-1-3-7-14/h1-3,5-8,11,16-17,24H,4,9-10,12-13H2,(H,21,25)(H,22,26)/t16-,17-/m1/s1. The Morgan fingerprint density at radius 3 is 2.68 bits per heavy atom. The van der Waals surface area contributed by atoms with E-state index in [2.05, 4.69) is 10.6 Å². The number of hydrogen-bond donors (Lipinski definition) is 3. The summed E-state index contributed by atoms with van der Waals surface area (Å²) in [6.45, 7) is 0.551. The molecule has 2 heterocycles. The van der Waals surface area contributed by atoms with Crippen molar-refractivity contribution < 1.29 is 23.9 Å². The van der Waals surface area contributed by atoms with Crippen molar-refractivity contribution in [2.75, 3.05) is 11.9 Å². The zero-order valence-corrected chi connectivity index (χ0v) is 15.3. The van der Waals surface area contributed by atoms with Gasteiger partial charge in [-0.1, -0.05) is 18.2 Å². The molecule has 2 atom stereocenters. The molecule has 1 aromatic carbocycles. The Bertz CT molecular complexity index is 807. The van der Waals surface area contributed by atoms with Gasteiger partial charge in [0.2, 0.25) is 11.8 Å². The highest BCUT2D eigenvalue weighted by Crippen LogP contribution is 2.21. The lowest BCUT2D eigenvalue weighted by atomic mass is 10.1. The maximum Gasteiger partial charge on any atom is 0.252 e. The van der Waals surface area contributed by atoms with Gasteiger partial charge in [0, 0.05) is 12.2 Å². The zero-order chi connectivity index (χ0) is 19.9. The summed E-state index contributed by atoms with van der Waals surface area (Å²) >= 11 is 0. The highest BCUT2D eigenvalue weighted by molar-refractivity contribution is 5.98. The van der Waals surface area contributed by atoms with Crippen molar-refractivity contribution in [2.45, 2.75) is 38.0 Å². The second-order valence-electron chi connectivity index (χ2n) is 6.62. The Balaban J connectivity index is 1.52. The van der Waals surface area contributed by atoms with Crippen molar-refractivity contribution in [1.29, 1.82) is 0 Å². The lowest BCUT2D eigenvalue weighted by Crippen LogP contribution is -2.48. The van der Waals surface area contributed by atoms with E-state index in [1.165, 1.54) is 11.2 Å². The molecule has 0 spiro atoms. The Morgan fingerprint density at radius 2 is 1.96 bits per heavy atom. The fraction of sp³-hybridized carbons (Fsp3) is 0.350. The van der Waals surface area contributed by atoms with Gasteiger partial charge in [0.25, 0.3) is 5.91 Å². The lowest BCUT2D eigenvalue weighted by Gasteiger charge is -2.26. The van der Waals surface area contributed by atoms with Crippen LogP contribution in [0.4, 0.5) is 5.69 Å². The first-order valence-electron chi connectivity index (χ1n) is 9.18. The van der Waals surface area contributed by atoms with E-state index in [-0.39, 0.29) is 18.9 Å². The molecule has 1 saturated heterocycles. The second kappa shape index (κ2) is 9.18. The molecule has 2 aromatic rings. The topological polar surface area (TPSA) is 112 Å². The van der Waals surface area contributed by atoms with Crippen LogP contribution >= 0.6 is 0 Å². The number of carbonyl (C=O) groups excluding carboxylic acids is 3. The predicted molar refractivity (Wildman–Crippen MR) is 101 cm³/mol. The molecule has 0 saturated carbocycles. The maximum atomic E-state index is 12.6. The van der Waals surface area contributed by atoms with Crippen LogP contribution in [0.1, 0.15) is 25.0 Å². The number of benzene rings is 1. The molecule has 0 unspecified atom stereocenters. The van der Waals surface area contributed by atoms with Gasteiger partial charge < -0.3 is 25.1 Å². The van der Waals surface area contributed by atoms with Crippen LogP contribution in [-0.2, 0) is 20.9 Å². The van der Waals surface area contributed by atoms with Gasteiger partial charge >= 0.3 is 0 Å². The monoisotopic (exact) mass is 385 g/mol. The van der Waals surface area contributed by atoms with E-state index in [0.717, 1.165) is 0 Å². The highest BCUT2D eigenvalue weighted by Gasteiger charge is 2.37. The third-order valence-corrected chi connectivity index (χ3v) is 4.58. The van der Waals surface area contributed by atoms with Crippen LogP contribution in [-0.4, -0.2) is 46.4 Å². The van der Waals surface area contributed by atoms with Gasteiger partial charge in [-0.15, -0.1) is 0 Å². The molecule has 148 valence electrons. The molecule has 1 fully saturated rings. The van der Waals surface area contributed by atoms with Crippen molar-refractivity contribution >= 4 is 23.4 Å². The van der Waals surface area contributed by atoms with E-state index < -0.39 is 24.0 Å². The van der Waals surface area contributed by atoms with Gasteiger partial charge in [-0.05, 0) is 37.1 Å². The number of nitrogens with one attached hydrogen (secondary N) is 2. The molecule has 1 aliphatic rings. The Hall–Kier alpha value is -3.13. The van der Waals surface area contributed by atoms with Crippen LogP contribution in [0.25, 0.3) is 0 Å². The van der Waals surface area contributed by atoms with Crippen molar-refractivity contribution in [3.8, 4) is 0 Å². The lowest BCUT2D eigenvalue weighted by molar-refractivity contribution is -0.146. The SMILES string of the molecule is O=C(C[C@@H](O)C(=O)N1CCC[C@@H]1C(=O)Nc1ccccc1)NCc1ccco1. The molecule has 3 rings (SSSR count). The first-order chi connectivity index (χ1) is 13.5. The van der Waals surface area contributed by atoms with Crippen LogP contribution < -0.4 is 10.6 Å². The number of anilines is 1. The number of para-hydroxylation sites is 1. The van der Waals surface area contributed by atoms with Crippen LogP contribution in [0.15, 0.2) is 53.1 Å². The van der Waals surface area contributed by atoms with Gasteiger partial charge in [0.15, 0.2) is 0 Å². The van der Waals surface area contributed by atoms with E-state index in [4.69, 9.17) is 4.42 Å². The molecule has 0 bridgehead atoms.